The van der Waals surface area contributed by atoms with Crippen molar-refractivity contribution in [3.63, 3.8) is 0 Å². The number of benzene rings is 2. The van der Waals surface area contributed by atoms with Crippen LogP contribution in [0.15, 0.2) is 42.5 Å². The molecule has 0 aliphatic carbocycles. The Morgan fingerprint density at radius 3 is 2.04 bits per heavy atom. The van der Waals surface area contributed by atoms with E-state index >= 15 is 0 Å². The van der Waals surface area contributed by atoms with Gasteiger partial charge in [0.05, 0.1) is 28.4 Å². The third-order valence-corrected chi connectivity index (χ3v) is 3.88. The number of carbonyl (C=O) groups is 1. The summed E-state index contributed by atoms with van der Waals surface area (Å²) in [6, 6.07) is 7.66. The SMILES string of the molecule is COc1cc(/C(O)=C/C(=O)/C=C/c2cc(OC)c(OC)c(OC)c2)ccc1O. The van der Waals surface area contributed by atoms with Crippen LogP contribution in [0.3, 0.4) is 0 Å². The lowest BCUT2D eigenvalue weighted by Gasteiger charge is -2.12. The van der Waals surface area contributed by atoms with Crippen molar-refractivity contribution in [1.82, 2.24) is 0 Å². The molecule has 0 amide bonds. The molecular weight excluding hydrogens is 364 g/mol. The number of methoxy groups -OCH3 is 4. The number of phenols is 1. The van der Waals surface area contributed by atoms with Gasteiger partial charge in [0.15, 0.2) is 28.8 Å². The van der Waals surface area contributed by atoms with Gasteiger partial charge in [0.2, 0.25) is 5.75 Å². The quantitative estimate of drug-likeness (QED) is 0.529. The smallest absolute Gasteiger partial charge is 0.203 e. The first-order chi connectivity index (χ1) is 13.4. The number of phenolic OH excluding ortho intramolecular Hbond substituents is 1. The van der Waals surface area contributed by atoms with Gasteiger partial charge in [-0.3, -0.25) is 4.79 Å². The maximum Gasteiger partial charge on any atom is 0.203 e. The fourth-order valence-electron chi connectivity index (χ4n) is 2.48. The van der Waals surface area contributed by atoms with Gasteiger partial charge >= 0.3 is 0 Å². The van der Waals surface area contributed by atoms with Crippen LogP contribution < -0.4 is 18.9 Å². The number of ether oxygens (including phenoxy) is 4. The molecule has 0 aliphatic heterocycles. The molecule has 0 spiro atoms. The highest BCUT2D eigenvalue weighted by molar-refractivity contribution is 6.05. The molecule has 0 radical (unpaired) electrons. The van der Waals surface area contributed by atoms with Crippen LogP contribution in [0.25, 0.3) is 11.8 Å². The average Bonchev–Trinajstić information content (AvgIpc) is 2.71. The highest BCUT2D eigenvalue weighted by Gasteiger charge is 2.12. The van der Waals surface area contributed by atoms with E-state index < -0.39 is 5.78 Å². The van der Waals surface area contributed by atoms with E-state index in [0.29, 0.717) is 28.4 Å². The number of aromatic hydroxyl groups is 1. The second-order valence-electron chi connectivity index (χ2n) is 5.61. The maximum atomic E-state index is 12.2. The Morgan fingerprint density at radius 2 is 1.50 bits per heavy atom. The summed E-state index contributed by atoms with van der Waals surface area (Å²) in [4.78, 5) is 12.2. The summed E-state index contributed by atoms with van der Waals surface area (Å²) in [5, 5.41) is 19.7. The van der Waals surface area contributed by atoms with Gasteiger partial charge in [-0.15, -0.1) is 0 Å². The van der Waals surface area contributed by atoms with Crippen molar-refractivity contribution < 1.29 is 34.0 Å². The Balaban J connectivity index is 2.24. The van der Waals surface area contributed by atoms with Gasteiger partial charge < -0.3 is 29.2 Å². The van der Waals surface area contributed by atoms with Crippen LogP contribution in [0, 0.1) is 0 Å². The number of hydrogen-bond donors (Lipinski definition) is 2. The van der Waals surface area contributed by atoms with Gasteiger partial charge in [0.1, 0.15) is 5.76 Å². The molecule has 7 heteroatoms. The molecule has 2 aromatic rings. The zero-order chi connectivity index (χ0) is 20.7. The molecular formula is C21H22O7. The van der Waals surface area contributed by atoms with Crippen LogP contribution in [0.2, 0.25) is 0 Å². The third kappa shape index (κ3) is 4.76. The van der Waals surface area contributed by atoms with Crippen molar-refractivity contribution in [2.45, 2.75) is 0 Å². The molecule has 0 saturated heterocycles. The van der Waals surface area contributed by atoms with Crippen molar-refractivity contribution in [3.8, 4) is 28.7 Å². The summed E-state index contributed by atoms with van der Waals surface area (Å²) in [6.45, 7) is 0. The minimum Gasteiger partial charge on any atom is -0.507 e. The Kier molecular flexibility index (Phi) is 6.92. The minimum absolute atomic E-state index is 0.0623. The van der Waals surface area contributed by atoms with Crippen molar-refractivity contribution in [2.75, 3.05) is 28.4 Å². The molecule has 2 aromatic carbocycles. The molecule has 2 N–H and O–H groups in total. The summed E-state index contributed by atoms with van der Waals surface area (Å²) < 4.78 is 20.8. The molecule has 28 heavy (non-hydrogen) atoms. The number of aliphatic hydroxyl groups excluding tert-OH is 1. The first-order valence-electron chi connectivity index (χ1n) is 8.23. The predicted molar refractivity (Wildman–Crippen MR) is 105 cm³/mol. The number of rotatable bonds is 8. The molecule has 0 aliphatic rings. The predicted octanol–water partition coefficient (Wildman–Crippen LogP) is 3.61. The molecule has 2 rings (SSSR count). The van der Waals surface area contributed by atoms with Gasteiger partial charge in [0.25, 0.3) is 0 Å². The van der Waals surface area contributed by atoms with E-state index in [1.807, 2.05) is 0 Å². The van der Waals surface area contributed by atoms with Crippen LogP contribution in [-0.2, 0) is 4.79 Å². The normalized spacial score (nSPS) is 11.4. The number of ketones is 1. The van der Waals surface area contributed by atoms with Crippen LogP contribution in [0.5, 0.6) is 28.7 Å². The van der Waals surface area contributed by atoms with Crippen molar-refractivity contribution >= 4 is 17.6 Å². The molecule has 7 nitrogen and oxygen atoms in total. The Morgan fingerprint density at radius 1 is 0.893 bits per heavy atom. The largest absolute Gasteiger partial charge is 0.507 e. The molecule has 148 valence electrons. The molecule has 0 heterocycles. The second kappa shape index (κ2) is 9.36. The van der Waals surface area contributed by atoms with E-state index in [1.165, 1.54) is 52.7 Å². The zero-order valence-corrected chi connectivity index (χ0v) is 16.1. The standard InChI is InChI=1S/C21H22O7/c1-25-18-11-14(6-8-16(18)23)17(24)12-15(22)7-5-13-9-19(26-2)21(28-4)20(10-13)27-3/h5-12,23-24H,1-4H3/b7-5+,17-12-. The van der Waals surface area contributed by atoms with Crippen LogP contribution in [0.4, 0.5) is 0 Å². The number of hydrogen-bond acceptors (Lipinski definition) is 7. The van der Waals surface area contributed by atoms with Crippen molar-refractivity contribution in [3.05, 3.63) is 53.6 Å². The Labute approximate surface area is 163 Å². The fraction of sp³-hybridized carbons (Fsp3) is 0.190. The van der Waals surface area contributed by atoms with Gasteiger partial charge in [-0.25, -0.2) is 0 Å². The summed E-state index contributed by atoms with van der Waals surface area (Å²) >= 11 is 0. The number of aliphatic hydroxyl groups is 1. The highest BCUT2D eigenvalue weighted by atomic mass is 16.5. The van der Waals surface area contributed by atoms with Crippen LogP contribution in [0.1, 0.15) is 11.1 Å². The van der Waals surface area contributed by atoms with Crippen molar-refractivity contribution in [1.29, 1.82) is 0 Å². The lowest BCUT2D eigenvalue weighted by atomic mass is 10.1. The minimum atomic E-state index is -0.432. The zero-order valence-electron chi connectivity index (χ0n) is 16.1. The van der Waals surface area contributed by atoms with E-state index in [2.05, 4.69) is 0 Å². The monoisotopic (exact) mass is 386 g/mol. The van der Waals surface area contributed by atoms with Crippen LogP contribution >= 0.6 is 0 Å². The number of carbonyl (C=O) groups excluding carboxylic acids is 1. The highest BCUT2D eigenvalue weighted by Crippen LogP contribution is 2.38. The maximum absolute atomic E-state index is 12.2. The van der Waals surface area contributed by atoms with Crippen molar-refractivity contribution in [2.24, 2.45) is 0 Å². The third-order valence-electron chi connectivity index (χ3n) is 3.88. The second-order valence-corrected chi connectivity index (χ2v) is 5.61. The number of allylic oxidation sites excluding steroid dienone is 2. The molecule has 0 unspecified atom stereocenters. The Bertz CT molecular complexity index is 888. The topological polar surface area (TPSA) is 94.5 Å². The molecule has 0 saturated carbocycles. The van der Waals surface area contributed by atoms with E-state index in [9.17, 15) is 15.0 Å². The van der Waals surface area contributed by atoms with Gasteiger partial charge in [-0.05, 0) is 42.0 Å². The molecule has 0 aromatic heterocycles. The average molecular weight is 386 g/mol. The van der Waals surface area contributed by atoms with Gasteiger partial charge in [-0.1, -0.05) is 6.08 Å². The summed E-state index contributed by atoms with van der Waals surface area (Å²) in [5.74, 6) is 0.820. The van der Waals surface area contributed by atoms with E-state index in [1.54, 1.807) is 18.2 Å². The van der Waals surface area contributed by atoms with Crippen LogP contribution in [-0.4, -0.2) is 44.4 Å². The first kappa shape index (κ1) is 20.7. The summed E-state index contributed by atoms with van der Waals surface area (Å²) in [6.07, 6.45) is 3.93. The van der Waals surface area contributed by atoms with E-state index in [-0.39, 0.29) is 17.3 Å². The Hall–Kier alpha value is -3.61. The fourth-order valence-corrected chi connectivity index (χ4v) is 2.48. The van der Waals surface area contributed by atoms with Gasteiger partial charge in [-0.2, -0.15) is 0 Å². The van der Waals surface area contributed by atoms with E-state index in [4.69, 9.17) is 18.9 Å². The summed E-state index contributed by atoms with van der Waals surface area (Å²) in [5.41, 5.74) is 0.992. The van der Waals surface area contributed by atoms with Gasteiger partial charge in [0, 0.05) is 11.6 Å². The first-order valence-corrected chi connectivity index (χ1v) is 8.23. The summed E-state index contributed by atoms with van der Waals surface area (Å²) in [7, 11) is 5.90. The van der Waals surface area contributed by atoms with E-state index in [0.717, 1.165) is 6.08 Å². The lowest BCUT2D eigenvalue weighted by molar-refractivity contribution is -0.110. The molecule has 0 bridgehead atoms. The lowest BCUT2D eigenvalue weighted by Crippen LogP contribution is -1.96. The molecule has 0 atom stereocenters. The molecule has 0 fully saturated rings.